The van der Waals surface area contributed by atoms with Crippen LogP contribution in [0.5, 0.6) is 0 Å². The minimum atomic E-state index is -1.05. The van der Waals surface area contributed by atoms with E-state index in [1.165, 1.54) is 0 Å². The van der Waals surface area contributed by atoms with Crippen molar-refractivity contribution in [3.8, 4) is 0 Å². The number of carbonyl (C=O) groups excluding carboxylic acids is 1. The van der Waals surface area contributed by atoms with Gasteiger partial charge in [0.25, 0.3) is 0 Å². The summed E-state index contributed by atoms with van der Waals surface area (Å²) in [6.45, 7) is 10.8. The Labute approximate surface area is 103 Å². The summed E-state index contributed by atoms with van der Waals surface area (Å²) >= 11 is 0. The molecule has 0 aliphatic rings. The molecule has 5 heteroatoms. The van der Waals surface area contributed by atoms with E-state index in [0.29, 0.717) is 0 Å². The van der Waals surface area contributed by atoms with Crippen molar-refractivity contribution in [3.63, 3.8) is 0 Å². The maximum Gasteiger partial charge on any atom is 0.326 e. The molecule has 1 amide bonds. The van der Waals surface area contributed by atoms with Crippen LogP contribution in [0.1, 0.15) is 41.5 Å². The van der Waals surface area contributed by atoms with E-state index in [-0.39, 0.29) is 0 Å². The van der Waals surface area contributed by atoms with Gasteiger partial charge in [0.05, 0.1) is 6.04 Å². The third kappa shape index (κ3) is 4.73. The molecule has 0 heterocycles. The highest BCUT2D eigenvalue weighted by molar-refractivity contribution is 5.87. The zero-order valence-electron chi connectivity index (χ0n) is 11.5. The smallest absolute Gasteiger partial charge is 0.326 e. The van der Waals surface area contributed by atoms with Gasteiger partial charge in [0.2, 0.25) is 5.91 Å². The standard InChI is InChI=1S/C12H24N2O3/c1-11(2,3)7(13)9(15)14-8(10(16)17)12(4,5)6/h7-8H,13H2,1-6H3,(H,14,15)(H,16,17)/t7-,8+/m1/s1. The minimum Gasteiger partial charge on any atom is -0.480 e. The molecule has 5 nitrogen and oxygen atoms in total. The van der Waals surface area contributed by atoms with Crippen LogP contribution in [-0.4, -0.2) is 29.1 Å². The summed E-state index contributed by atoms with van der Waals surface area (Å²) in [5.41, 5.74) is 4.83. The van der Waals surface area contributed by atoms with Crippen molar-refractivity contribution in [2.75, 3.05) is 0 Å². The molecule has 0 radical (unpaired) electrons. The van der Waals surface area contributed by atoms with Crippen molar-refractivity contribution in [1.82, 2.24) is 5.32 Å². The van der Waals surface area contributed by atoms with Gasteiger partial charge in [0.1, 0.15) is 6.04 Å². The van der Waals surface area contributed by atoms with E-state index in [1.807, 2.05) is 20.8 Å². The van der Waals surface area contributed by atoms with Crippen molar-refractivity contribution in [1.29, 1.82) is 0 Å². The van der Waals surface area contributed by atoms with Gasteiger partial charge in [-0.2, -0.15) is 0 Å². The molecule has 0 aromatic rings. The van der Waals surface area contributed by atoms with Crippen LogP contribution < -0.4 is 11.1 Å². The number of hydrogen-bond donors (Lipinski definition) is 3. The van der Waals surface area contributed by atoms with Gasteiger partial charge in [-0.15, -0.1) is 0 Å². The van der Waals surface area contributed by atoms with Crippen LogP contribution in [0, 0.1) is 10.8 Å². The molecule has 0 rings (SSSR count). The fraction of sp³-hybridized carbons (Fsp3) is 0.833. The quantitative estimate of drug-likeness (QED) is 0.690. The summed E-state index contributed by atoms with van der Waals surface area (Å²) in [5, 5.41) is 11.6. The Morgan fingerprint density at radius 3 is 1.71 bits per heavy atom. The molecule has 0 fully saturated rings. The Hall–Kier alpha value is -1.10. The topological polar surface area (TPSA) is 92.4 Å². The Kier molecular flexibility index (Phi) is 4.71. The molecule has 0 spiro atoms. The van der Waals surface area contributed by atoms with E-state index in [0.717, 1.165) is 0 Å². The molecule has 0 aliphatic carbocycles. The molecule has 0 bridgehead atoms. The fourth-order valence-corrected chi connectivity index (χ4v) is 1.27. The number of amides is 1. The number of hydrogen-bond acceptors (Lipinski definition) is 3. The highest BCUT2D eigenvalue weighted by atomic mass is 16.4. The summed E-state index contributed by atoms with van der Waals surface area (Å²) < 4.78 is 0. The molecule has 100 valence electrons. The minimum absolute atomic E-state index is 0.398. The first-order valence-electron chi connectivity index (χ1n) is 5.66. The maximum absolute atomic E-state index is 11.9. The Balaban J connectivity index is 4.82. The third-order valence-corrected chi connectivity index (χ3v) is 2.62. The van der Waals surface area contributed by atoms with Crippen LogP contribution in [-0.2, 0) is 9.59 Å². The van der Waals surface area contributed by atoms with E-state index >= 15 is 0 Å². The Bertz CT molecular complexity index is 300. The fourth-order valence-electron chi connectivity index (χ4n) is 1.27. The van der Waals surface area contributed by atoms with E-state index in [2.05, 4.69) is 5.32 Å². The number of aliphatic carboxylic acids is 1. The van der Waals surface area contributed by atoms with Crippen LogP contribution >= 0.6 is 0 Å². The van der Waals surface area contributed by atoms with Crippen LogP contribution in [0.25, 0.3) is 0 Å². The van der Waals surface area contributed by atoms with Crippen LogP contribution in [0.4, 0.5) is 0 Å². The Morgan fingerprint density at radius 1 is 1.06 bits per heavy atom. The lowest BCUT2D eigenvalue weighted by molar-refractivity contribution is -0.145. The van der Waals surface area contributed by atoms with E-state index in [4.69, 9.17) is 10.8 Å². The van der Waals surface area contributed by atoms with E-state index in [1.54, 1.807) is 20.8 Å². The van der Waals surface area contributed by atoms with Gasteiger partial charge in [-0.05, 0) is 10.8 Å². The predicted molar refractivity (Wildman–Crippen MR) is 66.5 cm³/mol. The molecule has 4 N–H and O–H groups in total. The predicted octanol–water partition coefficient (Wildman–Crippen LogP) is 0.975. The van der Waals surface area contributed by atoms with Crippen molar-refractivity contribution >= 4 is 11.9 Å². The number of nitrogens with one attached hydrogen (secondary N) is 1. The molecule has 0 aromatic carbocycles. The first-order chi connectivity index (χ1) is 7.37. The molecule has 0 aromatic heterocycles. The molecule has 0 unspecified atom stereocenters. The lowest BCUT2D eigenvalue weighted by atomic mass is 9.84. The zero-order valence-corrected chi connectivity index (χ0v) is 11.5. The van der Waals surface area contributed by atoms with Crippen molar-refractivity contribution in [3.05, 3.63) is 0 Å². The molecule has 0 saturated heterocycles. The summed E-state index contributed by atoms with van der Waals surface area (Å²) in [7, 11) is 0. The number of rotatable bonds is 3. The highest BCUT2D eigenvalue weighted by Crippen LogP contribution is 2.21. The normalized spacial score (nSPS) is 16.2. The first kappa shape index (κ1) is 15.9. The van der Waals surface area contributed by atoms with Gasteiger partial charge < -0.3 is 16.2 Å². The summed E-state index contributed by atoms with van der Waals surface area (Å²) in [6, 6.07) is -1.67. The van der Waals surface area contributed by atoms with Gasteiger partial charge in [-0.1, -0.05) is 41.5 Å². The molecule has 17 heavy (non-hydrogen) atoms. The number of carboxylic acids is 1. The largest absolute Gasteiger partial charge is 0.480 e. The number of carboxylic acid groups (broad SMARTS) is 1. The van der Waals surface area contributed by atoms with Gasteiger partial charge >= 0.3 is 5.97 Å². The number of carbonyl (C=O) groups is 2. The molecular weight excluding hydrogens is 220 g/mol. The van der Waals surface area contributed by atoms with Gasteiger partial charge in [0, 0.05) is 0 Å². The average molecular weight is 244 g/mol. The third-order valence-electron chi connectivity index (χ3n) is 2.62. The van der Waals surface area contributed by atoms with Crippen molar-refractivity contribution < 1.29 is 14.7 Å². The van der Waals surface area contributed by atoms with E-state index in [9.17, 15) is 9.59 Å². The SMILES string of the molecule is CC(C)(C)[C@H](N)C(=O)N[C@@H](C(=O)O)C(C)(C)C. The van der Waals surface area contributed by atoms with Gasteiger partial charge in [-0.25, -0.2) is 4.79 Å². The van der Waals surface area contributed by atoms with Crippen molar-refractivity contribution in [2.45, 2.75) is 53.6 Å². The monoisotopic (exact) mass is 244 g/mol. The molecule has 0 aliphatic heterocycles. The molecule has 2 atom stereocenters. The summed E-state index contributed by atoms with van der Waals surface area (Å²) in [5.74, 6) is -1.48. The summed E-state index contributed by atoms with van der Waals surface area (Å²) in [4.78, 5) is 23.0. The summed E-state index contributed by atoms with van der Waals surface area (Å²) in [6.07, 6.45) is 0. The van der Waals surface area contributed by atoms with Gasteiger partial charge in [0.15, 0.2) is 0 Å². The van der Waals surface area contributed by atoms with Gasteiger partial charge in [-0.3, -0.25) is 4.79 Å². The first-order valence-corrected chi connectivity index (χ1v) is 5.66. The highest BCUT2D eigenvalue weighted by Gasteiger charge is 2.36. The van der Waals surface area contributed by atoms with Crippen LogP contribution in [0.3, 0.4) is 0 Å². The maximum atomic E-state index is 11.9. The molecular formula is C12H24N2O3. The zero-order chi connectivity index (χ0) is 14.0. The van der Waals surface area contributed by atoms with Crippen LogP contribution in [0.15, 0.2) is 0 Å². The van der Waals surface area contributed by atoms with Crippen molar-refractivity contribution in [2.24, 2.45) is 16.6 Å². The van der Waals surface area contributed by atoms with Crippen LogP contribution in [0.2, 0.25) is 0 Å². The number of nitrogens with two attached hydrogens (primary N) is 1. The lowest BCUT2D eigenvalue weighted by Gasteiger charge is -2.32. The Morgan fingerprint density at radius 2 is 1.47 bits per heavy atom. The lowest BCUT2D eigenvalue weighted by Crippen LogP contribution is -2.56. The second-order valence-electron chi connectivity index (χ2n) is 6.49. The average Bonchev–Trinajstić information content (AvgIpc) is 2.08. The van der Waals surface area contributed by atoms with E-state index < -0.39 is 34.8 Å². The second kappa shape index (κ2) is 5.04. The molecule has 0 saturated carbocycles. The second-order valence-corrected chi connectivity index (χ2v) is 6.49.